The highest BCUT2D eigenvalue weighted by molar-refractivity contribution is 7.14. The molecule has 2 N–H and O–H groups in total. The Labute approximate surface area is 180 Å². The van der Waals surface area contributed by atoms with Gasteiger partial charge in [-0.05, 0) is 25.0 Å². The quantitative estimate of drug-likeness (QED) is 0.555. The number of aromatic nitrogens is 1. The molecular formula is C23H25N3O3S. The Balaban J connectivity index is 1.71. The Morgan fingerprint density at radius 1 is 1.07 bits per heavy atom. The molecule has 0 bridgehead atoms. The van der Waals surface area contributed by atoms with Crippen molar-refractivity contribution in [1.29, 1.82) is 0 Å². The fraction of sp³-hybridized carbons (Fsp3) is 0.261. The largest absolute Gasteiger partial charge is 0.493 e. The molecule has 1 atom stereocenters. The number of nitrogens with one attached hydrogen (secondary N) is 2. The first-order chi connectivity index (χ1) is 14.5. The van der Waals surface area contributed by atoms with Crippen LogP contribution in [0.4, 0.5) is 5.13 Å². The van der Waals surface area contributed by atoms with Crippen molar-refractivity contribution in [3.8, 4) is 17.0 Å². The van der Waals surface area contributed by atoms with Gasteiger partial charge >= 0.3 is 0 Å². The number of ether oxygens (including phenoxy) is 1. The van der Waals surface area contributed by atoms with Gasteiger partial charge < -0.3 is 15.4 Å². The van der Waals surface area contributed by atoms with E-state index >= 15 is 0 Å². The van der Waals surface area contributed by atoms with Gasteiger partial charge in [0.25, 0.3) is 5.91 Å². The van der Waals surface area contributed by atoms with E-state index in [-0.39, 0.29) is 17.7 Å². The minimum Gasteiger partial charge on any atom is -0.493 e. The highest BCUT2D eigenvalue weighted by atomic mass is 32.1. The molecule has 0 saturated carbocycles. The molecule has 30 heavy (non-hydrogen) atoms. The van der Waals surface area contributed by atoms with Crippen LogP contribution in [0.15, 0.2) is 60.0 Å². The lowest BCUT2D eigenvalue weighted by Gasteiger charge is -2.21. The number of hydrogen-bond acceptors (Lipinski definition) is 5. The summed E-state index contributed by atoms with van der Waals surface area (Å²) < 4.78 is 5.53. The number of carbonyl (C=O) groups excluding carboxylic acids is 2. The van der Waals surface area contributed by atoms with Crippen LogP contribution in [0.5, 0.6) is 5.75 Å². The van der Waals surface area contributed by atoms with E-state index in [4.69, 9.17) is 4.74 Å². The predicted molar refractivity (Wildman–Crippen MR) is 120 cm³/mol. The maximum atomic E-state index is 12.9. The number of para-hydroxylation sites is 1. The first kappa shape index (κ1) is 21.5. The molecule has 0 aliphatic carbocycles. The first-order valence-electron chi connectivity index (χ1n) is 9.84. The molecule has 0 unspecified atom stereocenters. The van der Waals surface area contributed by atoms with Gasteiger partial charge in [0.1, 0.15) is 11.8 Å². The molecule has 156 valence electrons. The van der Waals surface area contributed by atoms with Crippen molar-refractivity contribution in [2.75, 3.05) is 11.9 Å². The Kier molecular flexibility index (Phi) is 7.19. The normalized spacial score (nSPS) is 11.7. The zero-order chi connectivity index (χ0) is 21.5. The number of hydrogen-bond donors (Lipinski definition) is 2. The topological polar surface area (TPSA) is 80.3 Å². The van der Waals surface area contributed by atoms with Crippen molar-refractivity contribution in [3.05, 3.63) is 65.5 Å². The Morgan fingerprint density at radius 2 is 1.77 bits per heavy atom. The molecular weight excluding hydrogens is 398 g/mol. The minimum atomic E-state index is -0.712. The van der Waals surface area contributed by atoms with Gasteiger partial charge in [-0.2, -0.15) is 0 Å². The number of rotatable bonds is 8. The number of thiazole rings is 1. The zero-order valence-corrected chi connectivity index (χ0v) is 18.0. The molecule has 0 saturated heterocycles. The summed E-state index contributed by atoms with van der Waals surface area (Å²) in [6, 6.07) is 16.0. The van der Waals surface area contributed by atoms with Crippen molar-refractivity contribution in [3.63, 3.8) is 0 Å². The third-order valence-electron chi connectivity index (χ3n) is 4.47. The van der Waals surface area contributed by atoms with Gasteiger partial charge in [-0.1, -0.05) is 56.3 Å². The van der Waals surface area contributed by atoms with E-state index in [2.05, 4.69) is 15.6 Å². The lowest BCUT2D eigenvalue weighted by molar-refractivity contribution is -0.118. The Morgan fingerprint density at radius 3 is 2.47 bits per heavy atom. The SMILES string of the molecule is CCOc1ccccc1C(=O)N[C@H](C(=O)Nc1nc(-c2ccccc2)cs1)C(C)C. The van der Waals surface area contributed by atoms with Crippen LogP contribution in [0.2, 0.25) is 0 Å². The maximum Gasteiger partial charge on any atom is 0.255 e. The summed E-state index contributed by atoms with van der Waals surface area (Å²) in [6.45, 7) is 6.08. The molecule has 0 aliphatic heterocycles. The minimum absolute atomic E-state index is 0.109. The second-order valence-electron chi connectivity index (χ2n) is 7.02. The second kappa shape index (κ2) is 10.0. The van der Waals surface area contributed by atoms with E-state index in [0.717, 1.165) is 11.3 Å². The van der Waals surface area contributed by atoms with Crippen LogP contribution in [0.1, 0.15) is 31.1 Å². The lowest BCUT2D eigenvalue weighted by Crippen LogP contribution is -2.47. The Bertz CT molecular complexity index is 1000. The van der Waals surface area contributed by atoms with Gasteiger partial charge in [-0.15, -0.1) is 11.3 Å². The van der Waals surface area contributed by atoms with E-state index in [1.807, 2.05) is 56.5 Å². The van der Waals surface area contributed by atoms with Crippen molar-refractivity contribution < 1.29 is 14.3 Å². The van der Waals surface area contributed by atoms with E-state index < -0.39 is 6.04 Å². The summed E-state index contributed by atoms with van der Waals surface area (Å²) in [5.41, 5.74) is 2.18. The third kappa shape index (κ3) is 5.24. The van der Waals surface area contributed by atoms with E-state index in [0.29, 0.717) is 23.1 Å². The number of benzene rings is 2. The molecule has 0 spiro atoms. The molecule has 2 aromatic carbocycles. The smallest absolute Gasteiger partial charge is 0.255 e. The van der Waals surface area contributed by atoms with Gasteiger partial charge in [0.2, 0.25) is 5.91 Å². The number of carbonyl (C=O) groups is 2. The van der Waals surface area contributed by atoms with E-state index in [1.165, 1.54) is 11.3 Å². The lowest BCUT2D eigenvalue weighted by atomic mass is 10.0. The molecule has 0 fully saturated rings. The van der Waals surface area contributed by atoms with Crippen LogP contribution in [-0.4, -0.2) is 29.4 Å². The van der Waals surface area contributed by atoms with Crippen LogP contribution >= 0.6 is 11.3 Å². The van der Waals surface area contributed by atoms with Gasteiger partial charge in [-0.3, -0.25) is 9.59 Å². The number of nitrogens with zero attached hydrogens (tertiary/aromatic N) is 1. The second-order valence-corrected chi connectivity index (χ2v) is 7.88. The van der Waals surface area contributed by atoms with Crippen molar-refractivity contribution in [2.24, 2.45) is 5.92 Å². The van der Waals surface area contributed by atoms with E-state index in [9.17, 15) is 9.59 Å². The average Bonchev–Trinajstić information content (AvgIpc) is 3.21. The van der Waals surface area contributed by atoms with Crippen LogP contribution in [0.3, 0.4) is 0 Å². The standard InChI is InChI=1S/C23H25N3O3S/c1-4-29-19-13-9-8-12-17(19)21(27)25-20(15(2)3)22(28)26-23-24-18(14-30-23)16-10-6-5-7-11-16/h5-15,20H,4H2,1-3H3,(H,25,27)(H,24,26,28)/t20-/m0/s1. The number of anilines is 1. The summed E-state index contributed by atoms with van der Waals surface area (Å²) >= 11 is 1.35. The molecule has 0 radical (unpaired) electrons. The maximum absolute atomic E-state index is 12.9. The molecule has 2 amide bonds. The fourth-order valence-electron chi connectivity index (χ4n) is 2.95. The van der Waals surface area contributed by atoms with Crippen molar-refractivity contribution in [2.45, 2.75) is 26.8 Å². The fourth-order valence-corrected chi connectivity index (χ4v) is 3.67. The Hall–Kier alpha value is -3.19. The predicted octanol–water partition coefficient (Wildman–Crippen LogP) is 4.60. The summed E-state index contributed by atoms with van der Waals surface area (Å²) in [4.78, 5) is 30.2. The molecule has 3 rings (SSSR count). The van der Waals surface area contributed by atoms with Gasteiger partial charge in [0.05, 0.1) is 17.9 Å². The molecule has 6 nitrogen and oxygen atoms in total. The first-order valence-corrected chi connectivity index (χ1v) is 10.7. The van der Waals surface area contributed by atoms with Crippen LogP contribution in [0, 0.1) is 5.92 Å². The monoisotopic (exact) mass is 423 g/mol. The zero-order valence-electron chi connectivity index (χ0n) is 17.2. The van der Waals surface area contributed by atoms with E-state index in [1.54, 1.807) is 24.3 Å². The van der Waals surface area contributed by atoms with Gasteiger partial charge in [0, 0.05) is 10.9 Å². The summed E-state index contributed by atoms with van der Waals surface area (Å²) in [6.07, 6.45) is 0. The van der Waals surface area contributed by atoms with Gasteiger partial charge in [-0.25, -0.2) is 4.98 Å². The number of amides is 2. The van der Waals surface area contributed by atoms with Crippen molar-refractivity contribution >= 4 is 28.3 Å². The molecule has 3 aromatic rings. The summed E-state index contributed by atoms with van der Waals surface area (Å²) in [5.74, 6) is -0.271. The summed E-state index contributed by atoms with van der Waals surface area (Å²) in [5, 5.41) is 8.06. The molecule has 1 aromatic heterocycles. The van der Waals surface area contributed by atoms with Crippen LogP contribution in [-0.2, 0) is 4.79 Å². The van der Waals surface area contributed by atoms with Crippen LogP contribution < -0.4 is 15.4 Å². The molecule has 0 aliphatic rings. The van der Waals surface area contributed by atoms with Crippen molar-refractivity contribution in [1.82, 2.24) is 10.3 Å². The van der Waals surface area contributed by atoms with Crippen LogP contribution in [0.25, 0.3) is 11.3 Å². The third-order valence-corrected chi connectivity index (χ3v) is 5.23. The average molecular weight is 424 g/mol. The highest BCUT2D eigenvalue weighted by Gasteiger charge is 2.26. The molecule has 7 heteroatoms. The summed E-state index contributed by atoms with van der Waals surface area (Å²) in [7, 11) is 0. The molecule has 1 heterocycles. The highest BCUT2D eigenvalue weighted by Crippen LogP contribution is 2.25. The van der Waals surface area contributed by atoms with Gasteiger partial charge in [0.15, 0.2) is 5.13 Å².